The summed E-state index contributed by atoms with van der Waals surface area (Å²) >= 11 is 0. The van der Waals surface area contributed by atoms with E-state index < -0.39 is 108 Å². The molecule has 12 N–H and O–H groups in total. The summed E-state index contributed by atoms with van der Waals surface area (Å²) in [5.41, 5.74) is 18.5. The molecule has 34 heteroatoms. The monoisotopic (exact) mass is 981 g/mol. The van der Waals surface area contributed by atoms with Crippen molar-refractivity contribution in [2.24, 2.45) is 0 Å². The van der Waals surface area contributed by atoms with Gasteiger partial charge in [0.2, 0.25) is 0 Å². The molecule has 14 atom stereocenters. The number of phosphoric ester groups is 2. The SMILES string of the molecule is CO[C@H]1[C@@H](OP(=O)(O)OC[C@H]2O[C@@H](n3cnc4c(N)ncnc43)[C@H](OP(=O)(O)OC[C@H]3O[C@@H](n4cnc5c(N)ncnc54)[C@H](O)[C@@H]3O)[C@@H]2O)[C@H](n2cnc3c(N)ncnc32)O[C@@H]1CCC(=O)O. The molecule has 3 aliphatic rings. The van der Waals surface area contributed by atoms with Gasteiger partial charge in [-0.3, -0.25) is 36.6 Å². The van der Waals surface area contributed by atoms with Crippen LogP contribution in [0.25, 0.3) is 33.5 Å². The van der Waals surface area contributed by atoms with Gasteiger partial charge in [0.05, 0.1) is 38.3 Å². The molecule has 0 aromatic carbocycles. The van der Waals surface area contributed by atoms with E-state index in [9.17, 15) is 44.1 Å². The standard InChI is InChI=1S/C33H41N15O17P2/c1-58-22-12(2-3-15(49)50)61-33(48-11-45-18-27(36)39-8-42-30(18)48)24(22)65-67(56,57)60-5-14-20(52)23(32(63-14)47-10-44-17-26(35)38-7-41-29(17)47)64-66(54,55)59-4-13-19(51)21(53)31(62-13)46-9-43-16-25(34)37-6-40-28(16)46/h6-14,19-24,31-33,51-53H,2-5H2,1H3,(H,49,50)(H,54,55)(H,56,57)(H2,34,37,40)(H2,35,38,41)(H2,36,39,42)/t12-,13-,14-,19-,20-,21-,22-,23-,24-,31-,32-,33-/m1/s1. The predicted molar refractivity (Wildman–Crippen MR) is 218 cm³/mol. The Balaban J connectivity index is 0.924. The molecule has 67 heavy (non-hydrogen) atoms. The van der Waals surface area contributed by atoms with Gasteiger partial charge in [0, 0.05) is 13.5 Å². The van der Waals surface area contributed by atoms with E-state index in [0.717, 1.165) is 25.3 Å². The van der Waals surface area contributed by atoms with Crippen LogP contribution in [-0.2, 0) is 51.0 Å². The van der Waals surface area contributed by atoms with Crippen LogP contribution < -0.4 is 17.2 Å². The Morgan fingerprint density at radius 3 is 1.51 bits per heavy atom. The average Bonchev–Trinajstić information content (AvgIpc) is 4.15. The Labute approximate surface area is 373 Å². The normalized spacial score (nSPS) is 30.7. The number of aliphatic hydroxyl groups excluding tert-OH is 3. The van der Waals surface area contributed by atoms with E-state index in [2.05, 4.69) is 44.9 Å². The van der Waals surface area contributed by atoms with Crippen LogP contribution >= 0.6 is 15.6 Å². The molecule has 3 aliphatic heterocycles. The molecule has 2 unspecified atom stereocenters. The van der Waals surface area contributed by atoms with Gasteiger partial charge in [-0.15, -0.1) is 0 Å². The third-order valence-corrected chi connectivity index (χ3v) is 13.1. The molecule has 6 aromatic heterocycles. The van der Waals surface area contributed by atoms with Crippen LogP contribution in [-0.4, -0.2) is 170 Å². The Kier molecular flexibility index (Phi) is 12.6. The van der Waals surface area contributed by atoms with E-state index >= 15 is 0 Å². The fraction of sp³-hybridized carbons (Fsp3) is 0.515. The van der Waals surface area contributed by atoms with Crippen LogP contribution in [0, 0.1) is 0 Å². The van der Waals surface area contributed by atoms with Crippen molar-refractivity contribution in [2.75, 3.05) is 37.5 Å². The van der Waals surface area contributed by atoms with Crippen molar-refractivity contribution in [3.8, 4) is 0 Å². The van der Waals surface area contributed by atoms with Gasteiger partial charge in [-0.25, -0.2) is 54.0 Å². The van der Waals surface area contributed by atoms with Gasteiger partial charge in [0.1, 0.15) is 84.4 Å². The summed E-state index contributed by atoms with van der Waals surface area (Å²) < 4.78 is 76.5. The first-order valence-electron chi connectivity index (χ1n) is 19.8. The maximum Gasteiger partial charge on any atom is 0.472 e. The number of anilines is 3. The first-order chi connectivity index (χ1) is 31.9. The highest BCUT2D eigenvalue weighted by molar-refractivity contribution is 7.47. The number of carboxylic acid groups (broad SMARTS) is 1. The third-order valence-electron chi connectivity index (χ3n) is 11.1. The Morgan fingerprint density at radius 1 is 0.612 bits per heavy atom. The van der Waals surface area contributed by atoms with Crippen molar-refractivity contribution in [1.29, 1.82) is 0 Å². The fourth-order valence-electron chi connectivity index (χ4n) is 7.99. The number of carboxylic acids is 1. The zero-order chi connectivity index (χ0) is 47.5. The number of nitrogen functional groups attached to an aromatic ring is 3. The van der Waals surface area contributed by atoms with E-state index in [1.807, 2.05) is 0 Å². The molecule has 3 saturated heterocycles. The Hall–Kier alpha value is -5.54. The number of nitrogens with two attached hydrogens (primary N) is 3. The van der Waals surface area contributed by atoms with Crippen molar-refractivity contribution < 1.29 is 81.2 Å². The molecule has 360 valence electrons. The van der Waals surface area contributed by atoms with Crippen molar-refractivity contribution in [3.63, 3.8) is 0 Å². The number of fused-ring (bicyclic) bond motifs is 3. The molecule has 32 nitrogen and oxygen atoms in total. The van der Waals surface area contributed by atoms with Crippen molar-refractivity contribution >= 4 is 72.6 Å². The molecule has 0 bridgehead atoms. The second-order valence-corrected chi connectivity index (χ2v) is 18.0. The zero-order valence-electron chi connectivity index (χ0n) is 34.4. The number of rotatable bonds is 17. The van der Waals surface area contributed by atoms with E-state index in [-0.39, 0.29) is 63.8 Å². The number of hydrogen-bond acceptors (Lipinski definition) is 26. The van der Waals surface area contributed by atoms with Gasteiger partial charge in [0.15, 0.2) is 53.1 Å². The smallest absolute Gasteiger partial charge is 0.472 e. The molecular weight excluding hydrogens is 940 g/mol. The third kappa shape index (κ3) is 8.89. The largest absolute Gasteiger partial charge is 0.481 e. The van der Waals surface area contributed by atoms with E-state index in [0.29, 0.717) is 0 Å². The highest BCUT2D eigenvalue weighted by Crippen LogP contribution is 2.53. The fourth-order valence-corrected chi connectivity index (χ4v) is 9.85. The minimum atomic E-state index is -5.31. The van der Waals surface area contributed by atoms with Crippen molar-refractivity contribution in [1.82, 2.24) is 58.6 Å². The maximum absolute atomic E-state index is 13.8. The molecule has 6 aromatic rings. The van der Waals surface area contributed by atoms with Gasteiger partial charge < -0.3 is 66.4 Å². The molecule has 0 amide bonds. The molecule has 0 radical (unpaired) electrons. The van der Waals surface area contributed by atoms with Crippen LogP contribution in [0.1, 0.15) is 31.5 Å². The molecule has 9 rings (SSSR count). The van der Waals surface area contributed by atoms with Crippen molar-refractivity contribution in [3.05, 3.63) is 38.0 Å². The first-order valence-corrected chi connectivity index (χ1v) is 22.8. The lowest BCUT2D eigenvalue weighted by atomic mass is 10.1. The Morgan fingerprint density at radius 2 is 1.03 bits per heavy atom. The van der Waals surface area contributed by atoms with Crippen LogP contribution in [0.3, 0.4) is 0 Å². The van der Waals surface area contributed by atoms with Gasteiger partial charge in [-0.05, 0) is 6.42 Å². The number of methoxy groups -OCH3 is 1. The molecule has 0 spiro atoms. The molecule has 0 saturated carbocycles. The first kappa shape index (κ1) is 46.6. The summed E-state index contributed by atoms with van der Waals surface area (Å²) in [6.07, 6.45) is -11.5. The number of aromatic nitrogens is 12. The summed E-state index contributed by atoms with van der Waals surface area (Å²) in [6.45, 7) is -1.79. The summed E-state index contributed by atoms with van der Waals surface area (Å²) in [4.78, 5) is 70.3. The zero-order valence-corrected chi connectivity index (χ0v) is 36.2. The number of aliphatic hydroxyl groups is 3. The number of ether oxygens (including phenoxy) is 4. The minimum absolute atomic E-state index is 0.0125. The highest BCUT2D eigenvalue weighted by Gasteiger charge is 2.53. The lowest BCUT2D eigenvalue weighted by Gasteiger charge is -2.26. The van der Waals surface area contributed by atoms with Gasteiger partial charge in [-0.2, -0.15) is 0 Å². The number of aliphatic carboxylic acids is 1. The number of carbonyl (C=O) groups is 1. The number of phosphoric acid groups is 2. The van der Waals surface area contributed by atoms with Crippen molar-refractivity contribution in [2.45, 2.75) is 86.5 Å². The summed E-state index contributed by atoms with van der Waals surface area (Å²) in [7, 11) is -9.33. The van der Waals surface area contributed by atoms with Gasteiger partial charge in [0.25, 0.3) is 0 Å². The number of imidazole rings is 3. The van der Waals surface area contributed by atoms with Gasteiger partial charge >= 0.3 is 21.6 Å². The molecule has 0 aliphatic carbocycles. The quantitative estimate of drug-likeness (QED) is 0.0443. The second-order valence-electron chi connectivity index (χ2n) is 15.2. The number of nitrogens with zero attached hydrogens (tertiary/aromatic N) is 12. The van der Waals surface area contributed by atoms with E-state index in [1.165, 1.54) is 33.5 Å². The average molecular weight is 982 g/mol. The van der Waals surface area contributed by atoms with Crippen LogP contribution in [0.2, 0.25) is 0 Å². The summed E-state index contributed by atoms with van der Waals surface area (Å²) in [5.74, 6) is -1.16. The predicted octanol–water partition coefficient (Wildman–Crippen LogP) is -2.09. The van der Waals surface area contributed by atoms with Crippen LogP contribution in [0.15, 0.2) is 38.0 Å². The second kappa shape index (κ2) is 18.2. The van der Waals surface area contributed by atoms with E-state index in [4.69, 9.17) is 54.2 Å². The number of hydrogen-bond donors (Lipinski definition) is 9. The lowest BCUT2D eigenvalue weighted by molar-refractivity contribution is -0.138. The summed E-state index contributed by atoms with van der Waals surface area (Å²) in [5, 5.41) is 42.7. The molecule has 9 heterocycles. The van der Waals surface area contributed by atoms with Crippen LogP contribution in [0.4, 0.5) is 17.5 Å². The highest BCUT2D eigenvalue weighted by atomic mass is 31.2. The lowest BCUT2D eigenvalue weighted by Crippen LogP contribution is -2.37. The maximum atomic E-state index is 13.8. The van der Waals surface area contributed by atoms with E-state index in [1.54, 1.807) is 0 Å². The molecule has 3 fully saturated rings. The minimum Gasteiger partial charge on any atom is -0.481 e. The topological polar surface area (TPSA) is 455 Å². The Bertz CT molecular complexity index is 2890. The van der Waals surface area contributed by atoms with Crippen LogP contribution in [0.5, 0.6) is 0 Å². The van der Waals surface area contributed by atoms with Gasteiger partial charge in [-0.1, -0.05) is 0 Å². The molecular formula is C33H41N15O17P2. The summed E-state index contributed by atoms with van der Waals surface area (Å²) in [6, 6.07) is 0.